The number of hydrogen-bond donors (Lipinski definition) is 1. The van der Waals surface area contributed by atoms with Crippen LogP contribution in [0.4, 0.5) is 0 Å². The quantitative estimate of drug-likeness (QED) is 0.888. The van der Waals surface area contributed by atoms with E-state index in [0.29, 0.717) is 5.92 Å². The molecular formula is C14H24N2S. The van der Waals surface area contributed by atoms with Crippen molar-refractivity contribution in [1.29, 1.82) is 0 Å². The van der Waals surface area contributed by atoms with Gasteiger partial charge in [-0.25, -0.2) is 4.98 Å². The van der Waals surface area contributed by atoms with Gasteiger partial charge in [-0.2, -0.15) is 0 Å². The number of hydrogen-bond acceptors (Lipinski definition) is 3. The van der Waals surface area contributed by atoms with E-state index >= 15 is 0 Å². The topological polar surface area (TPSA) is 38.9 Å². The van der Waals surface area contributed by atoms with Crippen molar-refractivity contribution in [3.63, 3.8) is 0 Å². The monoisotopic (exact) mass is 252 g/mol. The second-order valence-corrected chi connectivity index (χ2v) is 7.03. The molecule has 2 N–H and O–H groups in total. The molecule has 0 spiro atoms. The van der Waals surface area contributed by atoms with Gasteiger partial charge in [-0.15, -0.1) is 11.3 Å². The summed E-state index contributed by atoms with van der Waals surface area (Å²) in [5.41, 5.74) is 7.55. The summed E-state index contributed by atoms with van der Waals surface area (Å²) < 4.78 is 0. The molecule has 1 atom stereocenters. The van der Waals surface area contributed by atoms with Gasteiger partial charge in [0.15, 0.2) is 0 Å². The number of nitrogens with two attached hydrogens (primary N) is 1. The summed E-state index contributed by atoms with van der Waals surface area (Å²) in [6, 6.07) is 0. The van der Waals surface area contributed by atoms with Crippen LogP contribution in [0, 0.1) is 5.92 Å². The molecule has 0 saturated carbocycles. The van der Waals surface area contributed by atoms with Crippen LogP contribution in [0.25, 0.3) is 0 Å². The van der Waals surface area contributed by atoms with Crippen LogP contribution in [-0.4, -0.2) is 4.98 Å². The van der Waals surface area contributed by atoms with Gasteiger partial charge in [-0.3, -0.25) is 0 Å². The molecule has 2 nitrogen and oxygen atoms in total. The SMILES string of the molecule is CC(C)CCC(C)(N)c1nc2c(s1)CCCC2. The van der Waals surface area contributed by atoms with Crippen LogP contribution in [-0.2, 0) is 18.4 Å². The molecule has 0 radical (unpaired) electrons. The van der Waals surface area contributed by atoms with Crippen molar-refractivity contribution in [2.24, 2.45) is 11.7 Å². The third-order valence-corrected chi connectivity index (χ3v) is 5.01. The summed E-state index contributed by atoms with van der Waals surface area (Å²) in [5.74, 6) is 0.715. The van der Waals surface area contributed by atoms with Crippen molar-refractivity contribution in [1.82, 2.24) is 4.98 Å². The summed E-state index contributed by atoms with van der Waals surface area (Å²) in [4.78, 5) is 6.29. The van der Waals surface area contributed by atoms with Crippen LogP contribution in [0.1, 0.15) is 62.0 Å². The summed E-state index contributed by atoms with van der Waals surface area (Å²) in [6.45, 7) is 6.64. The Balaban J connectivity index is 2.12. The van der Waals surface area contributed by atoms with E-state index < -0.39 is 0 Å². The number of aromatic nitrogens is 1. The van der Waals surface area contributed by atoms with Gasteiger partial charge in [0.2, 0.25) is 0 Å². The van der Waals surface area contributed by atoms with E-state index in [1.165, 1.54) is 36.3 Å². The van der Waals surface area contributed by atoms with E-state index in [0.717, 1.165) is 17.8 Å². The first-order valence-electron chi connectivity index (χ1n) is 6.77. The lowest BCUT2D eigenvalue weighted by Gasteiger charge is -2.22. The average molecular weight is 252 g/mol. The van der Waals surface area contributed by atoms with Crippen molar-refractivity contribution in [3.8, 4) is 0 Å². The second kappa shape index (κ2) is 5.07. The zero-order valence-electron chi connectivity index (χ0n) is 11.3. The molecule has 3 heteroatoms. The molecule has 1 heterocycles. The fourth-order valence-corrected chi connectivity index (χ4v) is 3.53. The molecule has 2 rings (SSSR count). The highest BCUT2D eigenvalue weighted by Crippen LogP contribution is 2.33. The molecular weight excluding hydrogens is 228 g/mol. The number of thiazole rings is 1. The van der Waals surface area contributed by atoms with Gasteiger partial charge < -0.3 is 5.73 Å². The second-order valence-electron chi connectivity index (χ2n) is 5.95. The zero-order valence-corrected chi connectivity index (χ0v) is 12.1. The largest absolute Gasteiger partial charge is 0.320 e. The lowest BCUT2D eigenvalue weighted by atomic mass is 9.93. The van der Waals surface area contributed by atoms with E-state index in [2.05, 4.69) is 20.8 Å². The Morgan fingerprint density at radius 2 is 2.06 bits per heavy atom. The van der Waals surface area contributed by atoms with Gasteiger partial charge in [0.05, 0.1) is 11.2 Å². The van der Waals surface area contributed by atoms with Gasteiger partial charge in [-0.1, -0.05) is 13.8 Å². The molecule has 0 aliphatic heterocycles. The molecule has 1 aromatic heterocycles. The Morgan fingerprint density at radius 1 is 1.35 bits per heavy atom. The first-order chi connectivity index (χ1) is 7.99. The van der Waals surface area contributed by atoms with E-state index in [4.69, 9.17) is 10.7 Å². The molecule has 0 bridgehead atoms. The predicted octanol–water partition coefficient (Wildman–Crippen LogP) is 3.63. The van der Waals surface area contributed by atoms with Crippen molar-refractivity contribution in [2.45, 2.75) is 64.8 Å². The van der Waals surface area contributed by atoms with Gasteiger partial charge in [-0.05, 0) is 51.4 Å². The lowest BCUT2D eigenvalue weighted by molar-refractivity contribution is 0.394. The highest BCUT2D eigenvalue weighted by atomic mass is 32.1. The van der Waals surface area contributed by atoms with E-state index in [1.54, 1.807) is 0 Å². The maximum Gasteiger partial charge on any atom is 0.113 e. The maximum atomic E-state index is 6.45. The minimum absolute atomic E-state index is 0.230. The number of nitrogens with zero attached hydrogens (tertiary/aromatic N) is 1. The fraction of sp³-hybridized carbons (Fsp3) is 0.786. The Bertz CT molecular complexity index is 356. The molecule has 0 amide bonds. The average Bonchev–Trinajstić information content (AvgIpc) is 2.71. The van der Waals surface area contributed by atoms with Crippen LogP contribution in [0.3, 0.4) is 0 Å². The van der Waals surface area contributed by atoms with Crippen molar-refractivity contribution < 1.29 is 0 Å². The number of aryl methyl sites for hydroxylation is 2. The Kier molecular flexibility index (Phi) is 3.88. The smallest absolute Gasteiger partial charge is 0.113 e. The Morgan fingerprint density at radius 3 is 2.71 bits per heavy atom. The zero-order chi connectivity index (χ0) is 12.5. The van der Waals surface area contributed by atoms with Crippen molar-refractivity contribution in [2.75, 3.05) is 0 Å². The van der Waals surface area contributed by atoms with Crippen LogP contribution in [0.5, 0.6) is 0 Å². The Labute approximate surface area is 109 Å². The van der Waals surface area contributed by atoms with Crippen LogP contribution in [0.2, 0.25) is 0 Å². The minimum Gasteiger partial charge on any atom is -0.320 e. The molecule has 1 aromatic rings. The van der Waals surface area contributed by atoms with Gasteiger partial charge in [0, 0.05) is 4.88 Å². The summed E-state index contributed by atoms with van der Waals surface area (Å²) in [6.07, 6.45) is 7.21. The van der Waals surface area contributed by atoms with Crippen LogP contribution >= 0.6 is 11.3 Å². The molecule has 1 aliphatic carbocycles. The lowest BCUT2D eigenvalue weighted by Crippen LogP contribution is -2.33. The molecule has 1 unspecified atom stereocenters. The molecule has 17 heavy (non-hydrogen) atoms. The summed E-state index contributed by atoms with van der Waals surface area (Å²) in [7, 11) is 0. The first kappa shape index (κ1) is 13.0. The predicted molar refractivity (Wildman–Crippen MR) is 74.4 cm³/mol. The summed E-state index contributed by atoms with van der Waals surface area (Å²) >= 11 is 1.86. The van der Waals surface area contributed by atoms with Crippen molar-refractivity contribution in [3.05, 3.63) is 15.6 Å². The number of rotatable bonds is 4. The minimum atomic E-state index is -0.230. The fourth-order valence-electron chi connectivity index (χ4n) is 2.29. The Hall–Kier alpha value is -0.410. The normalized spacial score (nSPS) is 19.1. The first-order valence-corrected chi connectivity index (χ1v) is 7.58. The van der Waals surface area contributed by atoms with Gasteiger partial charge in [0.25, 0.3) is 0 Å². The van der Waals surface area contributed by atoms with E-state index in [-0.39, 0.29) is 5.54 Å². The molecule has 0 aromatic carbocycles. The van der Waals surface area contributed by atoms with Crippen LogP contribution in [0.15, 0.2) is 0 Å². The van der Waals surface area contributed by atoms with E-state index in [1.807, 2.05) is 11.3 Å². The van der Waals surface area contributed by atoms with Gasteiger partial charge >= 0.3 is 0 Å². The summed E-state index contributed by atoms with van der Waals surface area (Å²) in [5, 5.41) is 1.16. The molecule has 0 saturated heterocycles. The van der Waals surface area contributed by atoms with E-state index in [9.17, 15) is 0 Å². The molecule has 0 fully saturated rings. The van der Waals surface area contributed by atoms with Gasteiger partial charge in [0.1, 0.15) is 5.01 Å². The highest BCUT2D eigenvalue weighted by molar-refractivity contribution is 7.11. The molecule has 96 valence electrons. The van der Waals surface area contributed by atoms with Crippen molar-refractivity contribution >= 4 is 11.3 Å². The third kappa shape index (κ3) is 3.08. The molecule has 1 aliphatic rings. The number of fused-ring (bicyclic) bond motifs is 1. The third-order valence-electron chi connectivity index (χ3n) is 3.58. The standard InChI is InChI=1S/C14H24N2S/c1-10(2)8-9-14(3,15)13-16-11-6-4-5-7-12(11)17-13/h10H,4-9,15H2,1-3H3. The van der Waals surface area contributed by atoms with Crippen LogP contribution < -0.4 is 5.73 Å². The maximum absolute atomic E-state index is 6.45. The highest BCUT2D eigenvalue weighted by Gasteiger charge is 2.27.